The van der Waals surface area contributed by atoms with Crippen molar-refractivity contribution in [2.45, 2.75) is 49.7 Å². The van der Waals surface area contributed by atoms with Crippen molar-refractivity contribution in [1.29, 1.82) is 0 Å². The molecule has 114 valence electrons. The maximum absolute atomic E-state index is 12.1. The Morgan fingerprint density at radius 2 is 1.85 bits per heavy atom. The van der Waals surface area contributed by atoms with Crippen LogP contribution >= 0.6 is 0 Å². The van der Waals surface area contributed by atoms with E-state index in [9.17, 15) is 9.90 Å². The molecule has 3 saturated heterocycles. The Kier molecular flexibility index (Phi) is 2.87. The Hall–Kier alpha value is -0.570. The first-order valence-electron chi connectivity index (χ1n) is 6.60. The lowest BCUT2D eigenvalue weighted by Gasteiger charge is -2.51. The normalized spacial score (nSPS) is 50.6. The molecule has 0 aromatic heterocycles. The van der Waals surface area contributed by atoms with Gasteiger partial charge in [0.25, 0.3) is 0 Å². The van der Waals surface area contributed by atoms with Crippen LogP contribution in [0.4, 0.5) is 0 Å². The highest BCUT2D eigenvalue weighted by Crippen LogP contribution is 2.54. The molecule has 0 radical (unpaired) electrons. The molecule has 0 aliphatic carbocycles. The predicted octanol–water partition coefficient (Wildman–Crippen LogP) is -0.400. The van der Waals surface area contributed by atoms with Crippen molar-refractivity contribution in [2.75, 3.05) is 26.9 Å². The Labute approximate surface area is 117 Å². The molecule has 3 heterocycles. The van der Waals surface area contributed by atoms with Crippen molar-refractivity contribution in [3.8, 4) is 0 Å². The van der Waals surface area contributed by atoms with E-state index in [2.05, 4.69) is 0 Å². The van der Waals surface area contributed by atoms with Crippen LogP contribution in [0.5, 0.6) is 0 Å². The van der Waals surface area contributed by atoms with Crippen LogP contribution in [0.2, 0.25) is 0 Å². The minimum atomic E-state index is -1.77. The highest BCUT2D eigenvalue weighted by Gasteiger charge is 2.78. The molecule has 1 spiro atoms. The molecule has 0 saturated carbocycles. The Bertz CT molecular complexity index is 444. The van der Waals surface area contributed by atoms with E-state index in [1.54, 1.807) is 20.8 Å². The summed E-state index contributed by atoms with van der Waals surface area (Å²) in [5.74, 6) is -2.74. The Morgan fingerprint density at radius 3 is 2.30 bits per heavy atom. The maximum Gasteiger partial charge on any atom is 0.230 e. The average molecular weight is 288 g/mol. The molecular formula is C13H20O7. The molecule has 7 heteroatoms. The van der Waals surface area contributed by atoms with Gasteiger partial charge in [-0.15, -0.1) is 0 Å². The van der Waals surface area contributed by atoms with Crippen LogP contribution in [0.15, 0.2) is 0 Å². The van der Waals surface area contributed by atoms with E-state index in [4.69, 9.17) is 23.7 Å². The van der Waals surface area contributed by atoms with E-state index >= 15 is 0 Å². The van der Waals surface area contributed by atoms with Gasteiger partial charge in [0.2, 0.25) is 5.79 Å². The molecule has 3 aliphatic rings. The zero-order valence-corrected chi connectivity index (χ0v) is 12.1. The lowest BCUT2D eigenvalue weighted by molar-refractivity contribution is -0.362. The van der Waals surface area contributed by atoms with E-state index in [-0.39, 0.29) is 19.0 Å². The smallest absolute Gasteiger partial charge is 0.230 e. The van der Waals surface area contributed by atoms with Gasteiger partial charge < -0.3 is 28.8 Å². The standard InChI is InChI=1S/C13H20O7/c1-10(2)18-7-12(20-10)13(15,11(3)6-19-11)9(16-4)8(14)5-17-12/h9,15H,5-7H2,1-4H3/t9-,11?,12+,13+/m1/s1. The van der Waals surface area contributed by atoms with Gasteiger partial charge in [0.05, 0.1) is 6.61 Å². The lowest BCUT2D eigenvalue weighted by Crippen LogP contribution is -2.76. The SMILES string of the molecule is CO[C@@H]1C(=O)CO[C@]2(COC(C)(C)O2)[C@@]1(O)C1(C)CO1. The molecule has 0 aromatic rings. The fourth-order valence-corrected chi connectivity index (χ4v) is 3.10. The van der Waals surface area contributed by atoms with Crippen molar-refractivity contribution in [1.82, 2.24) is 0 Å². The van der Waals surface area contributed by atoms with Crippen LogP contribution in [0, 0.1) is 0 Å². The summed E-state index contributed by atoms with van der Waals surface area (Å²) >= 11 is 0. The van der Waals surface area contributed by atoms with Gasteiger partial charge in [0.1, 0.15) is 18.8 Å². The number of aliphatic hydroxyl groups is 1. The maximum atomic E-state index is 12.1. The number of Topliss-reactive ketones (excluding diaryl/α,β-unsaturated/α-hetero) is 1. The molecule has 3 rings (SSSR count). The number of ether oxygens (including phenoxy) is 5. The zero-order chi connectivity index (χ0) is 14.8. The first kappa shape index (κ1) is 14.4. The molecule has 4 atom stereocenters. The molecule has 7 nitrogen and oxygen atoms in total. The summed E-state index contributed by atoms with van der Waals surface area (Å²) in [5, 5.41) is 11.3. The second-order valence-corrected chi connectivity index (χ2v) is 6.20. The topological polar surface area (TPSA) is 86.8 Å². The summed E-state index contributed by atoms with van der Waals surface area (Å²) in [7, 11) is 1.37. The van der Waals surface area contributed by atoms with Crippen molar-refractivity contribution in [3.05, 3.63) is 0 Å². The minimum Gasteiger partial charge on any atom is -0.378 e. The number of carbonyl (C=O) groups excluding carboxylic acids is 1. The van der Waals surface area contributed by atoms with Gasteiger partial charge in [0, 0.05) is 7.11 Å². The van der Waals surface area contributed by atoms with Crippen molar-refractivity contribution in [3.63, 3.8) is 0 Å². The molecule has 0 amide bonds. The molecule has 3 fully saturated rings. The fraction of sp³-hybridized carbons (Fsp3) is 0.923. The van der Waals surface area contributed by atoms with Crippen LogP contribution in [-0.4, -0.2) is 66.7 Å². The number of methoxy groups -OCH3 is 1. The van der Waals surface area contributed by atoms with Crippen molar-refractivity contribution >= 4 is 5.78 Å². The summed E-state index contributed by atoms with van der Waals surface area (Å²) in [5.41, 5.74) is -2.73. The highest BCUT2D eigenvalue weighted by molar-refractivity contribution is 5.87. The van der Waals surface area contributed by atoms with Gasteiger partial charge in [-0.2, -0.15) is 0 Å². The van der Waals surface area contributed by atoms with Crippen molar-refractivity contribution in [2.24, 2.45) is 0 Å². The lowest BCUT2D eigenvalue weighted by atomic mass is 9.73. The third-order valence-corrected chi connectivity index (χ3v) is 4.34. The summed E-state index contributed by atoms with van der Waals surface area (Å²) in [4.78, 5) is 12.1. The highest BCUT2D eigenvalue weighted by atomic mass is 16.8. The molecule has 3 aliphatic heterocycles. The second-order valence-electron chi connectivity index (χ2n) is 6.20. The monoisotopic (exact) mass is 288 g/mol. The van der Waals surface area contributed by atoms with Gasteiger partial charge in [-0.3, -0.25) is 4.79 Å². The van der Waals surface area contributed by atoms with Crippen LogP contribution < -0.4 is 0 Å². The minimum absolute atomic E-state index is 0.00257. The largest absolute Gasteiger partial charge is 0.378 e. The number of ketones is 1. The van der Waals surface area contributed by atoms with E-state index in [0.29, 0.717) is 6.61 Å². The number of hydrogen-bond acceptors (Lipinski definition) is 7. The van der Waals surface area contributed by atoms with E-state index < -0.39 is 28.9 Å². The summed E-state index contributed by atoms with van der Waals surface area (Å²) in [6.07, 6.45) is -1.08. The molecule has 1 N–H and O–H groups in total. The number of rotatable bonds is 2. The van der Waals surface area contributed by atoms with Gasteiger partial charge in [0.15, 0.2) is 23.3 Å². The molecular weight excluding hydrogens is 268 g/mol. The van der Waals surface area contributed by atoms with Crippen molar-refractivity contribution < 1.29 is 33.6 Å². The van der Waals surface area contributed by atoms with Gasteiger partial charge >= 0.3 is 0 Å². The number of epoxide rings is 1. The molecule has 0 bridgehead atoms. The third kappa shape index (κ3) is 1.65. The Balaban J connectivity index is 2.07. The third-order valence-electron chi connectivity index (χ3n) is 4.34. The van der Waals surface area contributed by atoms with Gasteiger partial charge in [-0.25, -0.2) is 0 Å². The van der Waals surface area contributed by atoms with Crippen LogP contribution in [0.3, 0.4) is 0 Å². The van der Waals surface area contributed by atoms with E-state index in [1.807, 2.05) is 0 Å². The second kappa shape index (κ2) is 4.00. The van der Waals surface area contributed by atoms with Gasteiger partial charge in [-0.05, 0) is 20.8 Å². The van der Waals surface area contributed by atoms with Gasteiger partial charge in [-0.1, -0.05) is 0 Å². The quantitative estimate of drug-likeness (QED) is 0.692. The first-order chi connectivity index (χ1) is 9.20. The van der Waals surface area contributed by atoms with E-state index in [1.165, 1.54) is 7.11 Å². The Morgan fingerprint density at radius 1 is 1.20 bits per heavy atom. The number of hydrogen-bond donors (Lipinski definition) is 1. The van der Waals surface area contributed by atoms with Crippen LogP contribution in [0.1, 0.15) is 20.8 Å². The van der Waals surface area contributed by atoms with Crippen LogP contribution in [0.25, 0.3) is 0 Å². The average Bonchev–Trinajstić information content (AvgIpc) is 3.03. The molecule has 1 unspecified atom stereocenters. The summed E-state index contributed by atoms with van der Waals surface area (Å²) in [6.45, 7) is 5.25. The molecule has 0 aromatic carbocycles. The molecule has 20 heavy (non-hydrogen) atoms. The zero-order valence-electron chi connectivity index (χ0n) is 12.1. The van der Waals surface area contributed by atoms with Crippen LogP contribution in [-0.2, 0) is 28.5 Å². The first-order valence-corrected chi connectivity index (χ1v) is 6.60. The predicted molar refractivity (Wildman–Crippen MR) is 64.9 cm³/mol. The number of carbonyl (C=O) groups is 1. The van der Waals surface area contributed by atoms with E-state index in [0.717, 1.165) is 0 Å². The fourth-order valence-electron chi connectivity index (χ4n) is 3.10. The summed E-state index contributed by atoms with van der Waals surface area (Å²) in [6, 6.07) is 0. The summed E-state index contributed by atoms with van der Waals surface area (Å²) < 4.78 is 27.6.